The zero-order valence-corrected chi connectivity index (χ0v) is 13.7. The molecule has 0 aliphatic carbocycles. The normalized spacial score (nSPS) is 11.5. The summed E-state index contributed by atoms with van der Waals surface area (Å²) in [7, 11) is -5.27. The van der Waals surface area contributed by atoms with Crippen molar-refractivity contribution in [1.82, 2.24) is 0 Å². The molecule has 0 amide bonds. The van der Waals surface area contributed by atoms with Crippen LogP contribution in [0.4, 0.5) is 0 Å². The molecular weight excluding hydrogens is 314 g/mol. The van der Waals surface area contributed by atoms with Gasteiger partial charge in [0.15, 0.2) is 6.29 Å². The van der Waals surface area contributed by atoms with E-state index in [0.29, 0.717) is 0 Å². The molecule has 0 aromatic heterocycles. The lowest BCUT2D eigenvalue weighted by atomic mass is 10.0. The van der Waals surface area contributed by atoms with E-state index in [1.165, 1.54) is 5.57 Å². The molecule has 0 bridgehead atoms. The van der Waals surface area contributed by atoms with Gasteiger partial charge < -0.3 is 19.6 Å². The molecule has 0 radical (unpaired) electrons. The molecule has 4 N–H and O–H groups in total. The van der Waals surface area contributed by atoms with Crippen molar-refractivity contribution in [3.63, 3.8) is 0 Å². The van der Waals surface area contributed by atoms with E-state index in [1.54, 1.807) is 0 Å². The average molecular weight is 334 g/mol. The Bertz CT molecular complexity index is 450. The Balaban J connectivity index is 2.73. The lowest BCUT2D eigenvalue weighted by Gasteiger charge is -2.18. The first-order chi connectivity index (χ1) is 9.86. The summed E-state index contributed by atoms with van der Waals surface area (Å²) >= 11 is 0. The Kier molecular flexibility index (Phi) is 8.49. The van der Waals surface area contributed by atoms with Crippen LogP contribution in [0.15, 0.2) is 35.9 Å². The van der Waals surface area contributed by atoms with Gasteiger partial charge in [0.1, 0.15) is 0 Å². The molecule has 0 unspecified atom stereocenters. The molecule has 6 nitrogen and oxygen atoms in total. The summed E-state index contributed by atoms with van der Waals surface area (Å²) < 4.78 is 9.48. The Morgan fingerprint density at radius 3 is 2.19 bits per heavy atom. The van der Waals surface area contributed by atoms with E-state index in [1.807, 2.05) is 38.1 Å². The fourth-order valence-electron chi connectivity index (χ4n) is 1.70. The largest absolute Gasteiger partial charge is 0.329 e. The standard InChI is InChI=1S/C13H20O6P2/c1-10(2)6-7-11-4-3-5-12(8-11)9-13(18-20(14)15)19-21(16)17/h3-6,8,13-17H,7,9H2,1-2H3. The molecule has 21 heavy (non-hydrogen) atoms. The quantitative estimate of drug-likeness (QED) is 0.331. The molecule has 0 saturated carbocycles. The minimum atomic E-state index is -2.64. The second-order valence-electron chi connectivity index (χ2n) is 4.66. The summed E-state index contributed by atoms with van der Waals surface area (Å²) in [6.45, 7) is 4.05. The van der Waals surface area contributed by atoms with Gasteiger partial charge in [0.05, 0.1) is 0 Å². The van der Waals surface area contributed by atoms with E-state index in [-0.39, 0.29) is 6.42 Å². The van der Waals surface area contributed by atoms with Gasteiger partial charge in [-0.25, -0.2) is 0 Å². The van der Waals surface area contributed by atoms with Gasteiger partial charge in [-0.2, -0.15) is 0 Å². The van der Waals surface area contributed by atoms with Crippen LogP contribution >= 0.6 is 17.2 Å². The highest BCUT2D eigenvalue weighted by atomic mass is 31.2. The smallest absolute Gasteiger partial charge is 0.328 e. The molecule has 0 fully saturated rings. The topological polar surface area (TPSA) is 99.4 Å². The Morgan fingerprint density at radius 1 is 1.10 bits per heavy atom. The predicted octanol–water partition coefficient (Wildman–Crippen LogP) is 2.52. The fraction of sp³-hybridized carbons (Fsp3) is 0.385. The van der Waals surface area contributed by atoms with E-state index < -0.39 is 23.5 Å². The van der Waals surface area contributed by atoms with Crippen LogP contribution in [0.5, 0.6) is 0 Å². The van der Waals surface area contributed by atoms with Crippen molar-refractivity contribution in [2.45, 2.75) is 33.0 Å². The minimum absolute atomic E-state index is 0.183. The van der Waals surface area contributed by atoms with Crippen molar-refractivity contribution in [3.05, 3.63) is 47.0 Å². The van der Waals surface area contributed by atoms with Gasteiger partial charge in [-0.15, -0.1) is 0 Å². The average Bonchev–Trinajstić information content (AvgIpc) is 2.35. The van der Waals surface area contributed by atoms with Crippen molar-refractivity contribution in [2.24, 2.45) is 0 Å². The van der Waals surface area contributed by atoms with Gasteiger partial charge in [-0.1, -0.05) is 35.9 Å². The van der Waals surface area contributed by atoms with Crippen LogP contribution < -0.4 is 0 Å². The molecule has 0 heterocycles. The summed E-state index contributed by atoms with van der Waals surface area (Å²) in [4.78, 5) is 35.5. The molecule has 1 aromatic rings. The molecule has 118 valence electrons. The monoisotopic (exact) mass is 334 g/mol. The molecule has 0 aliphatic heterocycles. The van der Waals surface area contributed by atoms with Gasteiger partial charge in [0.2, 0.25) is 0 Å². The zero-order chi connectivity index (χ0) is 15.8. The van der Waals surface area contributed by atoms with Gasteiger partial charge >= 0.3 is 17.2 Å². The van der Waals surface area contributed by atoms with Crippen molar-refractivity contribution in [3.8, 4) is 0 Å². The first kappa shape index (κ1) is 18.6. The zero-order valence-electron chi connectivity index (χ0n) is 11.9. The third kappa shape index (κ3) is 8.57. The summed E-state index contributed by atoms with van der Waals surface area (Å²) in [6.07, 6.45) is 1.96. The van der Waals surface area contributed by atoms with E-state index in [4.69, 9.17) is 28.6 Å². The van der Waals surface area contributed by atoms with E-state index in [9.17, 15) is 0 Å². The molecular formula is C13H20O6P2. The SMILES string of the molecule is CC(C)=CCc1cccc(CC(OP(O)O)OP(O)O)c1. The molecule has 0 aliphatic rings. The summed E-state index contributed by atoms with van der Waals surface area (Å²) in [5, 5.41) is 0. The van der Waals surface area contributed by atoms with Crippen LogP contribution in [0.3, 0.4) is 0 Å². The first-order valence-corrected chi connectivity index (χ1v) is 8.60. The van der Waals surface area contributed by atoms with E-state index >= 15 is 0 Å². The van der Waals surface area contributed by atoms with Gasteiger partial charge in [0, 0.05) is 6.42 Å². The predicted molar refractivity (Wildman–Crippen MR) is 82.0 cm³/mol. The number of allylic oxidation sites excluding steroid dienone is 2. The van der Waals surface area contributed by atoms with E-state index in [0.717, 1.165) is 17.5 Å². The highest BCUT2D eigenvalue weighted by Crippen LogP contribution is 2.35. The Hall–Kier alpha value is -0.420. The molecule has 0 spiro atoms. The Labute approximate surface area is 126 Å². The highest BCUT2D eigenvalue weighted by Gasteiger charge is 2.19. The van der Waals surface area contributed by atoms with Crippen molar-refractivity contribution in [1.29, 1.82) is 0 Å². The van der Waals surface area contributed by atoms with Gasteiger partial charge in [-0.3, -0.25) is 9.05 Å². The first-order valence-electron chi connectivity index (χ1n) is 6.27. The van der Waals surface area contributed by atoms with Gasteiger partial charge in [-0.05, 0) is 31.4 Å². The number of hydrogen-bond donors (Lipinski definition) is 4. The summed E-state index contributed by atoms with van der Waals surface area (Å²) in [5.74, 6) is 0. The maximum Gasteiger partial charge on any atom is 0.329 e. The summed E-state index contributed by atoms with van der Waals surface area (Å²) in [6, 6.07) is 7.63. The molecule has 1 aromatic carbocycles. The number of benzene rings is 1. The fourth-order valence-corrected chi connectivity index (χ4v) is 2.43. The molecule has 0 saturated heterocycles. The second-order valence-corrected chi connectivity index (χ2v) is 6.09. The molecule has 1 rings (SSSR count). The summed E-state index contributed by atoms with van der Waals surface area (Å²) in [5.41, 5.74) is 3.16. The van der Waals surface area contributed by atoms with Crippen LogP contribution in [-0.4, -0.2) is 25.9 Å². The second kappa shape index (κ2) is 9.57. The third-order valence-electron chi connectivity index (χ3n) is 2.56. The van der Waals surface area contributed by atoms with Crippen molar-refractivity contribution >= 4 is 17.2 Å². The van der Waals surface area contributed by atoms with Crippen LogP contribution in [0, 0.1) is 0 Å². The molecule has 8 heteroatoms. The maximum absolute atomic E-state index is 8.87. The van der Waals surface area contributed by atoms with Crippen LogP contribution in [0.1, 0.15) is 25.0 Å². The Morgan fingerprint density at radius 2 is 1.67 bits per heavy atom. The third-order valence-corrected chi connectivity index (χ3v) is 3.41. The lowest BCUT2D eigenvalue weighted by molar-refractivity contribution is -0.00948. The van der Waals surface area contributed by atoms with Crippen LogP contribution in [-0.2, 0) is 21.9 Å². The van der Waals surface area contributed by atoms with Gasteiger partial charge in [0.25, 0.3) is 0 Å². The number of rotatable bonds is 8. The van der Waals surface area contributed by atoms with E-state index in [2.05, 4.69) is 6.08 Å². The highest BCUT2D eigenvalue weighted by molar-refractivity contribution is 7.40. The number of hydrogen-bond acceptors (Lipinski definition) is 6. The van der Waals surface area contributed by atoms with Crippen LogP contribution in [0.25, 0.3) is 0 Å². The van der Waals surface area contributed by atoms with Crippen LogP contribution in [0.2, 0.25) is 0 Å². The minimum Gasteiger partial charge on any atom is -0.328 e. The maximum atomic E-state index is 8.87. The van der Waals surface area contributed by atoms with Crippen molar-refractivity contribution < 1.29 is 28.6 Å². The van der Waals surface area contributed by atoms with Crippen molar-refractivity contribution in [2.75, 3.05) is 0 Å². The lowest BCUT2D eigenvalue weighted by Crippen LogP contribution is -2.16. The molecule has 0 atom stereocenters.